The van der Waals surface area contributed by atoms with Gasteiger partial charge in [0.2, 0.25) is 11.4 Å². The number of ketones is 1. The SMILES string of the molecule is CC(C)=CCc1c2c(c(O)c3c1O[C@]1(O)c4ccc(O)cc4O[C@]1(CC=C(C)C)C3=O)C=CC(C)(C)O2. The molecule has 2 atom stereocenters. The summed E-state index contributed by atoms with van der Waals surface area (Å²) in [4.78, 5) is 14.4. The van der Waals surface area contributed by atoms with Gasteiger partial charge >= 0.3 is 0 Å². The fraction of sp³-hybridized carbons (Fsp3) is 0.367. The highest BCUT2D eigenvalue weighted by Gasteiger charge is 2.70. The predicted octanol–water partition coefficient (Wildman–Crippen LogP) is 5.70. The van der Waals surface area contributed by atoms with Gasteiger partial charge in [-0.05, 0) is 72.2 Å². The number of ether oxygens (including phenoxy) is 3. The maximum Gasteiger partial charge on any atom is 0.286 e. The van der Waals surface area contributed by atoms with Gasteiger partial charge in [-0.15, -0.1) is 0 Å². The van der Waals surface area contributed by atoms with Crippen molar-refractivity contribution in [2.75, 3.05) is 0 Å². The lowest BCUT2D eigenvalue weighted by Gasteiger charge is -2.44. The molecule has 7 heteroatoms. The number of allylic oxidation sites excluding steroid dienone is 3. The van der Waals surface area contributed by atoms with Gasteiger partial charge in [-0.2, -0.15) is 0 Å². The van der Waals surface area contributed by atoms with Gasteiger partial charge in [0.05, 0.1) is 11.1 Å². The van der Waals surface area contributed by atoms with Gasteiger partial charge in [-0.25, -0.2) is 0 Å². The smallest absolute Gasteiger partial charge is 0.286 e. The molecule has 37 heavy (non-hydrogen) atoms. The maximum absolute atomic E-state index is 14.4. The lowest BCUT2D eigenvalue weighted by Crippen LogP contribution is -2.62. The summed E-state index contributed by atoms with van der Waals surface area (Å²) in [6, 6.07) is 4.25. The lowest BCUT2D eigenvalue weighted by atomic mass is 9.76. The molecule has 0 fully saturated rings. The van der Waals surface area contributed by atoms with Crippen LogP contribution in [0.1, 0.15) is 75.0 Å². The summed E-state index contributed by atoms with van der Waals surface area (Å²) in [5, 5.41) is 33.7. The Morgan fingerprint density at radius 2 is 1.68 bits per heavy atom. The van der Waals surface area contributed by atoms with E-state index in [1.54, 1.807) is 12.2 Å². The highest BCUT2D eigenvalue weighted by Crippen LogP contribution is 2.60. The van der Waals surface area contributed by atoms with Gasteiger partial charge in [0, 0.05) is 18.1 Å². The van der Waals surface area contributed by atoms with Gasteiger partial charge in [-0.1, -0.05) is 23.3 Å². The molecule has 3 aliphatic rings. The molecule has 3 N–H and O–H groups in total. The highest BCUT2D eigenvalue weighted by atomic mass is 16.7. The summed E-state index contributed by atoms with van der Waals surface area (Å²) in [5.74, 6) is -2.59. The van der Waals surface area contributed by atoms with E-state index < -0.39 is 22.8 Å². The second kappa shape index (κ2) is 8.15. The number of aromatic hydroxyl groups is 2. The predicted molar refractivity (Wildman–Crippen MR) is 139 cm³/mol. The summed E-state index contributed by atoms with van der Waals surface area (Å²) in [6.45, 7) is 11.5. The average molecular weight is 505 g/mol. The van der Waals surface area contributed by atoms with E-state index in [9.17, 15) is 20.1 Å². The number of phenolic OH excluding ortho intramolecular Hbond substituents is 2. The molecule has 0 saturated heterocycles. The van der Waals surface area contributed by atoms with Crippen molar-refractivity contribution in [3.8, 4) is 28.7 Å². The van der Waals surface area contributed by atoms with Gasteiger partial charge < -0.3 is 29.5 Å². The molecule has 2 aromatic rings. The second-order valence-corrected chi connectivity index (χ2v) is 11.0. The molecule has 0 radical (unpaired) electrons. The molecule has 0 saturated carbocycles. The van der Waals surface area contributed by atoms with Crippen LogP contribution in [0.15, 0.2) is 47.6 Å². The quantitative estimate of drug-likeness (QED) is 0.459. The number of fused-ring (bicyclic) bond motifs is 5. The minimum absolute atomic E-state index is 0.0151. The zero-order valence-corrected chi connectivity index (χ0v) is 21.9. The Balaban J connectivity index is 1.83. The van der Waals surface area contributed by atoms with Crippen LogP contribution in [-0.4, -0.2) is 32.3 Å². The van der Waals surface area contributed by atoms with Crippen LogP contribution >= 0.6 is 0 Å². The van der Waals surface area contributed by atoms with Crippen molar-refractivity contribution in [1.29, 1.82) is 0 Å². The highest BCUT2D eigenvalue weighted by molar-refractivity contribution is 6.11. The molecule has 0 aliphatic carbocycles. The summed E-state index contributed by atoms with van der Waals surface area (Å²) < 4.78 is 18.8. The molecule has 0 bridgehead atoms. The third kappa shape index (κ3) is 3.63. The molecule has 3 heterocycles. The summed E-state index contributed by atoms with van der Waals surface area (Å²) in [6.07, 6.45) is 7.67. The van der Waals surface area contributed by atoms with Gasteiger partial charge in [-0.3, -0.25) is 4.79 Å². The maximum atomic E-state index is 14.4. The molecule has 0 spiro atoms. The molecule has 3 aliphatic heterocycles. The van der Waals surface area contributed by atoms with Crippen molar-refractivity contribution in [3.63, 3.8) is 0 Å². The van der Waals surface area contributed by atoms with Crippen molar-refractivity contribution in [1.82, 2.24) is 0 Å². The minimum Gasteiger partial charge on any atom is -0.508 e. The fourth-order valence-electron chi connectivity index (χ4n) is 5.09. The van der Waals surface area contributed by atoms with Crippen molar-refractivity contribution in [3.05, 3.63) is 69.8 Å². The Labute approximate surface area is 216 Å². The lowest BCUT2D eigenvalue weighted by molar-refractivity contribution is -0.221. The molecular weight excluding hydrogens is 472 g/mol. The zero-order chi connectivity index (χ0) is 26.9. The Morgan fingerprint density at radius 1 is 0.973 bits per heavy atom. The van der Waals surface area contributed by atoms with Crippen molar-refractivity contribution >= 4 is 11.9 Å². The number of benzene rings is 2. The van der Waals surface area contributed by atoms with Crippen LogP contribution in [-0.2, 0) is 12.2 Å². The first-order valence-corrected chi connectivity index (χ1v) is 12.3. The Hall–Kier alpha value is -3.71. The first-order valence-electron chi connectivity index (χ1n) is 12.3. The van der Waals surface area contributed by atoms with Crippen LogP contribution in [0.2, 0.25) is 0 Å². The normalized spacial score (nSPS) is 23.9. The first-order chi connectivity index (χ1) is 17.3. The van der Waals surface area contributed by atoms with Crippen LogP contribution in [0.3, 0.4) is 0 Å². The second-order valence-electron chi connectivity index (χ2n) is 11.0. The molecular formula is C30H32O7. The van der Waals surface area contributed by atoms with Crippen LogP contribution in [0.5, 0.6) is 28.7 Å². The summed E-state index contributed by atoms with van der Waals surface area (Å²) in [7, 11) is 0. The van der Waals surface area contributed by atoms with E-state index >= 15 is 0 Å². The Bertz CT molecular complexity index is 1420. The molecule has 7 nitrogen and oxygen atoms in total. The minimum atomic E-state index is -2.22. The number of hydrogen-bond donors (Lipinski definition) is 3. The number of carbonyl (C=O) groups excluding carboxylic acids is 1. The zero-order valence-electron chi connectivity index (χ0n) is 21.9. The van der Waals surface area contributed by atoms with E-state index in [-0.39, 0.29) is 40.5 Å². The van der Waals surface area contributed by atoms with Gasteiger partial charge in [0.15, 0.2) is 0 Å². The molecule has 0 aromatic heterocycles. The van der Waals surface area contributed by atoms with Gasteiger partial charge in [0.1, 0.15) is 39.9 Å². The van der Waals surface area contributed by atoms with Crippen molar-refractivity contribution in [2.45, 2.75) is 71.4 Å². The fourth-order valence-corrected chi connectivity index (χ4v) is 5.09. The van der Waals surface area contributed by atoms with E-state index in [4.69, 9.17) is 14.2 Å². The van der Waals surface area contributed by atoms with Gasteiger partial charge in [0.25, 0.3) is 5.79 Å². The molecule has 2 aromatic carbocycles. The molecule has 194 valence electrons. The Morgan fingerprint density at radius 3 is 2.35 bits per heavy atom. The van der Waals surface area contributed by atoms with E-state index in [0.29, 0.717) is 23.3 Å². The van der Waals surface area contributed by atoms with E-state index in [1.807, 2.05) is 53.7 Å². The first kappa shape index (κ1) is 25.0. The number of hydrogen-bond acceptors (Lipinski definition) is 7. The molecule has 5 rings (SSSR count). The van der Waals surface area contributed by atoms with Crippen LogP contribution in [0.4, 0.5) is 0 Å². The van der Waals surface area contributed by atoms with E-state index in [2.05, 4.69) is 0 Å². The summed E-state index contributed by atoms with van der Waals surface area (Å²) >= 11 is 0. The van der Waals surface area contributed by atoms with E-state index in [0.717, 1.165) is 11.1 Å². The standard InChI is InChI=1S/C30H32O7/c1-16(2)7-9-20-25-19(12-13-28(5,6)36-25)24(32)23-26(20)37-30(34)21-10-8-18(31)15-22(21)35-29(30,27(23)33)14-11-17(3)4/h7-8,10-13,15,31-32,34H,9,14H2,1-6H3/t29-,30-/m1/s1. The number of Topliss-reactive ketones (excluding diaryl/α,β-unsaturated/α-hetero) is 1. The third-order valence-corrected chi connectivity index (χ3v) is 7.05. The van der Waals surface area contributed by atoms with E-state index in [1.165, 1.54) is 18.2 Å². The van der Waals surface area contributed by atoms with Crippen LogP contribution in [0, 0.1) is 0 Å². The molecule has 0 amide bonds. The van der Waals surface area contributed by atoms with Crippen LogP contribution in [0.25, 0.3) is 6.08 Å². The number of aliphatic hydroxyl groups is 1. The number of rotatable bonds is 4. The largest absolute Gasteiger partial charge is 0.508 e. The monoisotopic (exact) mass is 504 g/mol. The Kier molecular flexibility index (Phi) is 5.50. The average Bonchev–Trinajstić information content (AvgIpc) is 3.04. The number of carbonyl (C=O) groups is 1. The van der Waals surface area contributed by atoms with Crippen molar-refractivity contribution < 1.29 is 34.3 Å². The van der Waals surface area contributed by atoms with Crippen LogP contribution < -0.4 is 14.2 Å². The van der Waals surface area contributed by atoms with Crippen molar-refractivity contribution in [2.24, 2.45) is 0 Å². The number of phenols is 2. The topological polar surface area (TPSA) is 105 Å². The third-order valence-electron chi connectivity index (χ3n) is 7.05. The molecule has 0 unspecified atom stereocenters. The summed E-state index contributed by atoms with van der Waals surface area (Å²) in [5.41, 5.74) is 0.475.